The Kier molecular flexibility index (Phi) is 5.73. The Balaban J connectivity index is 2.66. The first-order chi connectivity index (χ1) is 9.67. The lowest BCUT2D eigenvalue weighted by Crippen LogP contribution is -2.35. The normalized spacial score (nSPS) is 12.2. The second-order valence-corrected chi connectivity index (χ2v) is 6.19. The summed E-state index contributed by atoms with van der Waals surface area (Å²) in [6.07, 6.45) is -4.63. The summed E-state index contributed by atoms with van der Waals surface area (Å²) < 4.78 is 62.6. The van der Waals surface area contributed by atoms with E-state index in [9.17, 15) is 26.4 Å². The average molecular weight is 324 g/mol. The highest BCUT2D eigenvalue weighted by atomic mass is 32.2. The van der Waals surface area contributed by atoms with Gasteiger partial charge in [-0.05, 0) is 19.1 Å². The number of carbonyl (C=O) groups is 1. The maximum Gasteiger partial charge on any atom is 0.417 e. The summed E-state index contributed by atoms with van der Waals surface area (Å²) in [7, 11) is -3.39. The molecule has 1 aromatic carbocycles. The van der Waals surface area contributed by atoms with E-state index in [1.165, 1.54) is 19.1 Å². The molecular weight excluding hydrogens is 309 g/mol. The van der Waals surface area contributed by atoms with Gasteiger partial charge in [0.1, 0.15) is 0 Å². The third kappa shape index (κ3) is 5.35. The van der Waals surface area contributed by atoms with E-state index in [1.807, 2.05) is 0 Å². The second-order valence-electron chi connectivity index (χ2n) is 4.10. The van der Waals surface area contributed by atoms with Gasteiger partial charge in [0.2, 0.25) is 10.0 Å². The van der Waals surface area contributed by atoms with Crippen LogP contribution in [0.25, 0.3) is 0 Å². The lowest BCUT2D eigenvalue weighted by molar-refractivity contribution is -0.137. The van der Waals surface area contributed by atoms with Crippen molar-refractivity contribution in [3.05, 3.63) is 35.4 Å². The van der Waals surface area contributed by atoms with Crippen molar-refractivity contribution >= 4 is 15.9 Å². The number of carbonyl (C=O) groups excluding carboxylic acids is 1. The number of hydrogen-bond acceptors (Lipinski definition) is 3. The summed E-state index contributed by atoms with van der Waals surface area (Å²) in [6, 6.07) is 4.39. The zero-order chi connectivity index (χ0) is 16.1. The van der Waals surface area contributed by atoms with Crippen LogP contribution in [0.5, 0.6) is 0 Å². The fourth-order valence-electron chi connectivity index (χ4n) is 1.51. The summed E-state index contributed by atoms with van der Waals surface area (Å²) >= 11 is 0. The summed E-state index contributed by atoms with van der Waals surface area (Å²) in [5, 5.41) is 2.24. The first-order valence-electron chi connectivity index (χ1n) is 6.09. The van der Waals surface area contributed by atoms with Gasteiger partial charge in [0.05, 0.1) is 16.9 Å². The zero-order valence-corrected chi connectivity index (χ0v) is 12.0. The van der Waals surface area contributed by atoms with Crippen LogP contribution in [0.3, 0.4) is 0 Å². The maximum atomic E-state index is 12.7. The molecule has 21 heavy (non-hydrogen) atoms. The molecule has 0 fully saturated rings. The molecule has 0 saturated heterocycles. The van der Waals surface area contributed by atoms with Gasteiger partial charge in [-0.3, -0.25) is 4.79 Å². The molecule has 118 valence electrons. The van der Waals surface area contributed by atoms with Crippen molar-refractivity contribution in [1.82, 2.24) is 10.0 Å². The maximum absolute atomic E-state index is 12.7. The number of rotatable bonds is 6. The van der Waals surface area contributed by atoms with Gasteiger partial charge in [0, 0.05) is 13.1 Å². The molecule has 0 saturated carbocycles. The highest BCUT2D eigenvalue weighted by Crippen LogP contribution is 2.31. The van der Waals surface area contributed by atoms with E-state index in [2.05, 4.69) is 10.0 Å². The Labute approximate surface area is 120 Å². The topological polar surface area (TPSA) is 75.3 Å². The number of sulfonamides is 1. The van der Waals surface area contributed by atoms with Crippen molar-refractivity contribution in [2.24, 2.45) is 0 Å². The van der Waals surface area contributed by atoms with Crippen LogP contribution in [0.4, 0.5) is 13.2 Å². The first-order valence-corrected chi connectivity index (χ1v) is 7.74. The van der Waals surface area contributed by atoms with Crippen molar-refractivity contribution in [2.75, 3.05) is 18.8 Å². The molecule has 1 rings (SSSR count). The van der Waals surface area contributed by atoms with Crippen LogP contribution in [0.1, 0.15) is 22.8 Å². The SMILES string of the molecule is CCS(=O)(=O)NCCNC(=O)c1ccccc1C(F)(F)F. The molecule has 0 atom stereocenters. The molecule has 5 nitrogen and oxygen atoms in total. The van der Waals surface area contributed by atoms with Gasteiger partial charge in [-0.2, -0.15) is 13.2 Å². The molecular formula is C12H15F3N2O3S. The average Bonchev–Trinajstić information content (AvgIpc) is 2.42. The Hall–Kier alpha value is -1.61. The highest BCUT2D eigenvalue weighted by Gasteiger charge is 2.34. The van der Waals surface area contributed by atoms with Gasteiger partial charge in [-0.15, -0.1) is 0 Å². The number of benzene rings is 1. The number of hydrogen-bond donors (Lipinski definition) is 2. The molecule has 0 aliphatic heterocycles. The van der Waals surface area contributed by atoms with E-state index in [1.54, 1.807) is 0 Å². The molecule has 1 aromatic rings. The van der Waals surface area contributed by atoms with E-state index in [0.717, 1.165) is 12.1 Å². The second kappa shape index (κ2) is 6.90. The molecule has 1 amide bonds. The number of halogens is 3. The van der Waals surface area contributed by atoms with E-state index in [-0.39, 0.29) is 18.8 Å². The highest BCUT2D eigenvalue weighted by molar-refractivity contribution is 7.89. The van der Waals surface area contributed by atoms with E-state index >= 15 is 0 Å². The van der Waals surface area contributed by atoms with Gasteiger partial charge in [-0.25, -0.2) is 13.1 Å². The first kappa shape index (κ1) is 17.4. The molecule has 0 spiro atoms. The minimum Gasteiger partial charge on any atom is -0.351 e. The molecule has 9 heteroatoms. The molecule has 0 aromatic heterocycles. The Morgan fingerprint density at radius 1 is 1.19 bits per heavy atom. The molecule has 0 unspecified atom stereocenters. The van der Waals surface area contributed by atoms with Crippen molar-refractivity contribution < 1.29 is 26.4 Å². The predicted molar refractivity (Wildman–Crippen MR) is 71.2 cm³/mol. The quantitative estimate of drug-likeness (QED) is 0.776. The third-order valence-corrected chi connectivity index (χ3v) is 3.99. The molecule has 2 N–H and O–H groups in total. The van der Waals surface area contributed by atoms with Crippen molar-refractivity contribution in [2.45, 2.75) is 13.1 Å². The van der Waals surface area contributed by atoms with Gasteiger partial charge in [0.25, 0.3) is 5.91 Å². The van der Waals surface area contributed by atoms with Crippen LogP contribution in [-0.4, -0.2) is 33.2 Å². The summed E-state index contributed by atoms with van der Waals surface area (Å²) in [4.78, 5) is 11.7. The van der Waals surface area contributed by atoms with Crippen molar-refractivity contribution in [1.29, 1.82) is 0 Å². The Morgan fingerprint density at radius 3 is 2.38 bits per heavy atom. The molecule has 0 radical (unpaired) electrons. The Morgan fingerprint density at radius 2 is 1.81 bits per heavy atom. The summed E-state index contributed by atoms with van der Waals surface area (Å²) in [5.41, 5.74) is -1.53. The van der Waals surface area contributed by atoms with Crippen molar-refractivity contribution in [3.8, 4) is 0 Å². The minimum absolute atomic E-state index is 0.0872. The molecule has 0 aliphatic carbocycles. The van der Waals surface area contributed by atoms with Crippen LogP contribution >= 0.6 is 0 Å². The zero-order valence-electron chi connectivity index (χ0n) is 11.2. The van der Waals surface area contributed by atoms with Crippen LogP contribution < -0.4 is 10.0 Å². The Bertz CT molecular complexity index is 600. The lowest BCUT2D eigenvalue weighted by atomic mass is 10.1. The largest absolute Gasteiger partial charge is 0.417 e. The fraction of sp³-hybridized carbons (Fsp3) is 0.417. The van der Waals surface area contributed by atoms with Crippen LogP contribution in [0.15, 0.2) is 24.3 Å². The van der Waals surface area contributed by atoms with Crippen molar-refractivity contribution in [3.63, 3.8) is 0 Å². The monoisotopic (exact) mass is 324 g/mol. The van der Waals surface area contributed by atoms with E-state index in [0.29, 0.717) is 0 Å². The van der Waals surface area contributed by atoms with Gasteiger partial charge in [0.15, 0.2) is 0 Å². The molecule has 0 aliphatic rings. The minimum atomic E-state index is -4.63. The van der Waals surface area contributed by atoms with Gasteiger partial charge in [-0.1, -0.05) is 12.1 Å². The third-order valence-electron chi connectivity index (χ3n) is 2.59. The standard InChI is InChI=1S/C12H15F3N2O3S/c1-2-21(19,20)17-8-7-16-11(18)9-5-3-4-6-10(9)12(13,14)15/h3-6,17H,2,7-8H2,1H3,(H,16,18). The van der Waals surface area contributed by atoms with Crippen LogP contribution in [0.2, 0.25) is 0 Å². The van der Waals surface area contributed by atoms with E-state index in [4.69, 9.17) is 0 Å². The molecule has 0 bridgehead atoms. The van der Waals surface area contributed by atoms with Gasteiger partial charge >= 0.3 is 6.18 Å². The smallest absolute Gasteiger partial charge is 0.351 e. The number of alkyl halides is 3. The van der Waals surface area contributed by atoms with Gasteiger partial charge < -0.3 is 5.32 Å². The lowest BCUT2D eigenvalue weighted by Gasteiger charge is -2.12. The summed E-state index contributed by atoms with van der Waals surface area (Å²) in [6.45, 7) is 1.25. The fourth-order valence-corrected chi connectivity index (χ4v) is 2.13. The summed E-state index contributed by atoms with van der Waals surface area (Å²) in [5.74, 6) is -1.02. The number of nitrogens with one attached hydrogen (secondary N) is 2. The van der Waals surface area contributed by atoms with E-state index < -0.39 is 33.2 Å². The molecule has 0 heterocycles. The van der Waals surface area contributed by atoms with Crippen LogP contribution in [0, 0.1) is 0 Å². The predicted octanol–water partition coefficient (Wildman–Crippen LogP) is 1.37. The number of amides is 1. The van der Waals surface area contributed by atoms with Crippen LogP contribution in [-0.2, 0) is 16.2 Å².